The Bertz CT molecular complexity index is 1280. The number of likely N-dealkylation sites (tertiary alicyclic amines) is 1. The minimum Gasteiger partial charge on any atom is -0.351 e. The summed E-state index contributed by atoms with van der Waals surface area (Å²) in [6.07, 6.45) is 5.56. The first-order chi connectivity index (χ1) is 16.6. The van der Waals surface area contributed by atoms with Gasteiger partial charge in [-0.25, -0.2) is 14.8 Å². The van der Waals surface area contributed by atoms with E-state index in [4.69, 9.17) is 4.98 Å². The molecule has 2 N–H and O–H groups in total. The van der Waals surface area contributed by atoms with Crippen LogP contribution in [0.3, 0.4) is 0 Å². The minimum atomic E-state index is -0.0500. The van der Waals surface area contributed by atoms with Crippen molar-refractivity contribution in [3.8, 4) is 5.82 Å². The summed E-state index contributed by atoms with van der Waals surface area (Å²) >= 11 is 0. The number of nitrogens with one attached hydrogen (secondary N) is 2. The van der Waals surface area contributed by atoms with E-state index < -0.39 is 0 Å². The third kappa shape index (κ3) is 4.71. The minimum absolute atomic E-state index is 0.0500. The number of urea groups is 1. The van der Waals surface area contributed by atoms with Crippen LogP contribution in [0.5, 0.6) is 0 Å². The molecule has 2 amide bonds. The number of aromatic nitrogens is 4. The van der Waals surface area contributed by atoms with Crippen LogP contribution >= 0.6 is 0 Å². The van der Waals surface area contributed by atoms with Crippen LogP contribution in [-0.2, 0) is 0 Å². The number of carbonyl (C=O) groups excluding carboxylic acids is 1. The lowest BCUT2D eigenvalue weighted by atomic mass is 9.92. The van der Waals surface area contributed by atoms with Gasteiger partial charge in [0.2, 0.25) is 5.95 Å². The van der Waals surface area contributed by atoms with Gasteiger partial charge in [0, 0.05) is 31.0 Å². The zero-order chi connectivity index (χ0) is 23.5. The number of anilines is 2. The highest BCUT2D eigenvalue weighted by molar-refractivity contribution is 5.89. The maximum atomic E-state index is 12.8. The van der Waals surface area contributed by atoms with Gasteiger partial charge in [0.15, 0.2) is 0 Å². The molecule has 4 aromatic rings. The highest BCUT2D eigenvalue weighted by atomic mass is 16.2. The zero-order valence-corrected chi connectivity index (χ0v) is 19.5. The molecule has 34 heavy (non-hydrogen) atoms. The number of amides is 2. The molecule has 8 heteroatoms. The van der Waals surface area contributed by atoms with Gasteiger partial charge in [-0.15, -0.1) is 0 Å². The molecule has 0 radical (unpaired) electrons. The van der Waals surface area contributed by atoms with Crippen LogP contribution < -0.4 is 10.6 Å². The highest BCUT2D eigenvalue weighted by Crippen LogP contribution is 2.23. The summed E-state index contributed by atoms with van der Waals surface area (Å²) in [4.78, 5) is 28.3. The van der Waals surface area contributed by atoms with Crippen molar-refractivity contribution in [2.45, 2.75) is 32.7 Å². The number of hydrogen-bond donors (Lipinski definition) is 2. The van der Waals surface area contributed by atoms with E-state index in [0.29, 0.717) is 18.4 Å². The second-order valence-electron chi connectivity index (χ2n) is 8.92. The van der Waals surface area contributed by atoms with Gasteiger partial charge in [-0.1, -0.05) is 29.8 Å². The second-order valence-corrected chi connectivity index (χ2v) is 8.92. The summed E-state index contributed by atoms with van der Waals surface area (Å²) in [5.41, 5.74) is 3.92. The Morgan fingerprint density at radius 2 is 1.91 bits per heavy atom. The highest BCUT2D eigenvalue weighted by Gasteiger charge is 2.28. The van der Waals surface area contributed by atoms with Gasteiger partial charge in [-0.2, -0.15) is 4.98 Å². The molecular weight excluding hydrogens is 426 g/mol. The van der Waals surface area contributed by atoms with Gasteiger partial charge < -0.3 is 15.5 Å². The Labute approximate surface area is 199 Å². The largest absolute Gasteiger partial charge is 0.351 e. The molecule has 1 aliphatic heterocycles. The molecule has 0 aliphatic carbocycles. The number of para-hydroxylation sites is 2. The van der Waals surface area contributed by atoms with Crippen molar-refractivity contribution in [3.63, 3.8) is 0 Å². The number of rotatable bonds is 5. The molecule has 8 nitrogen and oxygen atoms in total. The molecule has 2 aromatic carbocycles. The molecule has 0 spiro atoms. The van der Waals surface area contributed by atoms with E-state index >= 15 is 0 Å². The molecule has 1 fully saturated rings. The summed E-state index contributed by atoms with van der Waals surface area (Å²) in [6, 6.07) is 17.8. The lowest BCUT2D eigenvalue weighted by Gasteiger charge is -2.36. The van der Waals surface area contributed by atoms with E-state index in [9.17, 15) is 4.79 Å². The van der Waals surface area contributed by atoms with E-state index in [-0.39, 0.29) is 12.1 Å². The number of fused-ring (bicyclic) bond motifs is 1. The predicted molar refractivity (Wildman–Crippen MR) is 134 cm³/mol. The van der Waals surface area contributed by atoms with E-state index in [1.165, 1.54) is 5.56 Å². The molecular formula is C26H29N7O. The SMILES string of the molecule is Cc1ccc(NC(=O)N2CCCC(C(C)Nc3nccc(-n4cnc5ccccc54)n3)C2)cc1. The summed E-state index contributed by atoms with van der Waals surface area (Å²) in [5, 5.41) is 6.48. The van der Waals surface area contributed by atoms with Crippen molar-refractivity contribution in [2.24, 2.45) is 5.92 Å². The fourth-order valence-electron chi connectivity index (χ4n) is 4.46. The maximum Gasteiger partial charge on any atom is 0.321 e. The third-order valence-electron chi connectivity index (χ3n) is 6.45. The van der Waals surface area contributed by atoms with Crippen LogP contribution in [-0.4, -0.2) is 49.6 Å². The molecule has 2 atom stereocenters. The third-order valence-corrected chi connectivity index (χ3v) is 6.45. The Hall–Kier alpha value is -3.94. The second kappa shape index (κ2) is 9.51. The normalized spacial score (nSPS) is 16.9. The molecule has 2 unspecified atom stereocenters. The number of imidazole rings is 1. The lowest BCUT2D eigenvalue weighted by molar-refractivity contribution is 0.172. The van der Waals surface area contributed by atoms with Crippen LogP contribution in [0, 0.1) is 12.8 Å². The molecule has 0 bridgehead atoms. The van der Waals surface area contributed by atoms with Crippen LogP contribution in [0.15, 0.2) is 67.1 Å². The standard InChI is InChI=1S/C26H29N7O/c1-18-9-11-21(12-10-18)30-26(34)32-15-5-6-20(16-32)19(2)29-25-27-14-13-24(31-25)33-17-28-22-7-3-4-8-23(22)33/h3-4,7-14,17,19-20H,5-6,15-16H2,1-2H3,(H,30,34)(H,27,29,31). The van der Waals surface area contributed by atoms with Crippen molar-refractivity contribution in [1.29, 1.82) is 0 Å². The Kier molecular flexibility index (Phi) is 6.12. The van der Waals surface area contributed by atoms with Gasteiger partial charge in [0.25, 0.3) is 0 Å². The summed E-state index contributed by atoms with van der Waals surface area (Å²) < 4.78 is 1.96. The summed E-state index contributed by atoms with van der Waals surface area (Å²) in [5.74, 6) is 1.64. The van der Waals surface area contributed by atoms with Crippen molar-refractivity contribution in [2.75, 3.05) is 23.7 Å². The quantitative estimate of drug-likeness (QED) is 0.448. The first-order valence-corrected chi connectivity index (χ1v) is 11.7. The van der Waals surface area contributed by atoms with Crippen molar-refractivity contribution in [1.82, 2.24) is 24.4 Å². The summed E-state index contributed by atoms with van der Waals surface area (Å²) in [7, 11) is 0. The predicted octanol–water partition coefficient (Wildman–Crippen LogP) is 4.87. The van der Waals surface area contributed by atoms with Crippen molar-refractivity contribution < 1.29 is 4.79 Å². The molecule has 2 aromatic heterocycles. The smallest absolute Gasteiger partial charge is 0.321 e. The van der Waals surface area contributed by atoms with Crippen LogP contribution in [0.1, 0.15) is 25.3 Å². The van der Waals surface area contributed by atoms with E-state index in [1.807, 2.05) is 71.0 Å². The van der Waals surface area contributed by atoms with E-state index in [2.05, 4.69) is 27.5 Å². The Morgan fingerprint density at radius 3 is 2.76 bits per heavy atom. The van der Waals surface area contributed by atoms with E-state index in [0.717, 1.165) is 41.9 Å². The first kappa shape index (κ1) is 21.9. The molecule has 1 saturated heterocycles. The van der Waals surface area contributed by atoms with Crippen molar-refractivity contribution in [3.05, 3.63) is 72.7 Å². The first-order valence-electron chi connectivity index (χ1n) is 11.7. The fourth-order valence-corrected chi connectivity index (χ4v) is 4.46. The van der Waals surface area contributed by atoms with Crippen LogP contribution in [0.4, 0.5) is 16.4 Å². The number of aryl methyl sites for hydroxylation is 1. The van der Waals surface area contributed by atoms with E-state index in [1.54, 1.807) is 12.5 Å². The van der Waals surface area contributed by atoms with Crippen LogP contribution in [0.2, 0.25) is 0 Å². The number of hydrogen-bond acceptors (Lipinski definition) is 5. The number of benzene rings is 2. The van der Waals surface area contributed by atoms with Gasteiger partial charge in [-0.3, -0.25) is 4.57 Å². The maximum absolute atomic E-state index is 12.8. The molecule has 5 rings (SSSR count). The van der Waals surface area contributed by atoms with Gasteiger partial charge >= 0.3 is 6.03 Å². The summed E-state index contributed by atoms with van der Waals surface area (Å²) in [6.45, 7) is 5.62. The molecule has 1 aliphatic rings. The van der Waals surface area contributed by atoms with Gasteiger partial charge in [0.05, 0.1) is 11.0 Å². The topological polar surface area (TPSA) is 88.0 Å². The monoisotopic (exact) mass is 455 g/mol. The fraction of sp³-hybridized carbons (Fsp3) is 0.308. The number of carbonyl (C=O) groups is 1. The average molecular weight is 456 g/mol. The molecule has 3 heterocycles. The Morgan fingerprint density at radius 1 is 1.09 bits per heavy atom. The van der Waals surface area contributed by atoms with Gasteiger partial charge in [0.1, 0.15) is 12.1 Å². The zero-order valence-electron chi connectivity index (χ0n) is 19.5. The Balaban J connectivity index is 1.24. The van der Waals surface area contributed by atoms with Crippen LogP contribution in [0.25, 0.3) is 16.9 Å². The molecule has 0 saturated carbocycles. The lowest BCUT2D eigenvalue weighted by Crippen LogP contribution is -2.46. The number of piperidine rings is 1. The molecule has 174 valence electrons. The number of nitrogens with zero attached hydrogens (tertiary/aromatic N) is 5. The van der Waals surface area contributed by atoms with Gasteiger partial charge in [-0.05, 0) is 62.9 Å². The average Bonchev–Trinajstić information content (AvgIpc) is 3.30. The van der Waals surface area contributed by atoms with Crippen molar-refractivity contribution >= 4 is 28.7 Å².